The minimum absolute atomic E-state index is 0.904. The Bertz CT molecular complexity index is 371. The minimum Gasteiger partial charge on any atom is -0.385 e. The summed E-state index contributed by atoms with van der Waals surface area (Å²) in [6.45, 7) is 3.07. The molecule has 0 saturated heterocycles. The van der Waals surface area contributed by atoms with Gasteiger partial charge in [-0.05, 0) is 51.4 Å². The number of unbranched alkanes of at least 4 members (excludes halogenated alkanes) is 4. The summed E-state index contributed by atoms with van der Waals surface area (Å²) in [7, 11) is 1.77. The lowest BCUT2D eigenvalue weighted by molar-refractivity contribution is 0.192. The number of ether oxygens (including phenoxy) is 1. The average Bonchev–Trinajstić information content (AvgIpc) is 2.60. The van der Waals surface area contributed by atoms with Gasteiger partial charge in [-0.3, -0.25) is 0 Å². The SMILES string of the molecule is CC/C=C\C/C=C\C/C=C\C/C=C\C/C=C\CCCCCCOC. The molecule has 0 fully saturated rings. The molecule has 136 valence electrons. The van der Waals surface area contributed by atoms with E-state index in [0.717, 1.165) is 38.7 Å². The summed E-state index contributed by atoms with van der Waals surface area (Å²) >= 11 is 0. The Labute approximate surface area is 150 Å². The summed E-state index contributed by atoms with van der Waals surface area (Å²) in [6.07, 6.45) is 34.1. The molecule has 0 saturated carbocycles. The fourth-order valence-corrected chi connectivity index (χ4v) is 2.23. The van der Waals surface area contributed by atoms with E-state index in [1.54, 1.807) is 7.11 Å². The van der Waals surface area contributed by atoms with Gasteiger partial charge in [0, 0.05) is 13.7 Å². The number of rotatable bonds is 16. The zero-order valence-corrected chi connectivity index (χ0v) is 16.0. The predicted molar refractivity (Wildman–Crippen MR) is 109 cm³/mol. The normalized spacial score (nSPS) is 12.9. The summed E-state index contributed by atoms with van der Waals surface area (Å²) in [6, 6.07) is 0. The highest BCUT2D eigenvalue weighted by atomic mass is 16.5. The first-order valence-corrected chi connectivity index (χ1v) is 9.65. The quantitative estimate of drug-likeness (QED) is 0.212. The molecular formula is C23H38O. The summed E-state index contributed by atoms with van der Waals surface area (Å²) in [5, 5.41) is 0. The van der Waals surface area contributed by atoms with Crippen molar-refractivity contribution in [2.45, 2.75) is 71.1 Å². The molecule has 0 aliphatic rings. The average molecular weight is 331 g/mol. The molecule has 0 rings (SSSR count). The Hall–Kier alpha value is -1.34. The van der Waals surface area contributed by atoms with Gasteiger partial charge in [0.2, 0.25) is 0 Å². The Kier molecular flexibility index (Phi) is 20.5. The number of methoxy groups -OCH3 is 1. The molecule has 0 radical (unpaired) electrons. The van der Waals surface area contributed by atoms with Gasteiger partial charge in [-0.15, -0.1) is 0 Å². The third kappa shape index (κ3) is 20.7. The van der Waals surface area contributed by atoms with Crippen LogP contribution in [0.4, 0.5) is 0 Å². The van der Waals surface area contributed by atoms with Crippen LogP contribution in [0, 0.1) is 0 Å². The third-order valence-corrected chi connectivity index (χ3v) is 3.63. The summed E-state index contributed by atoms with van der Waals surface area (Å²) in [5.41, 5.74) is 0. The molecule has 0 atom stereocenters. The molecule has 0 aliphatic carbocycles. The fourth-order valence-electron chi connectivity index (χ4n) is 2.23. The second kappa shape index (κ2) is 21.7. The zero-order valence-electron chi connectivity index (χ0n) is 16.0. The molecule has 0 bridgehead atoms. The minimum atomic E-state index is 0.904. The molecule has 0 heterocycles. The highest BCUT2D eigenvalue weighted by Crippen LogP contribution is 2.04. The Morgan fingerprint density at radius 2 is 1.00 bits per heavy atom. The Balaban J connectivity index is 3.37. The van der Waals surface area contributed by atoms with E-state index in [0.29, 0.717) is 0 Å². The fraction of sp³-hybridized carbons (Fsp3) is 0.565. The second-order valence-corrected chi connectivity index (χ2v) is 5.90. The van der Waals surface area contributed by atoms with Crippen LogP contribution in [0.2, 0.25) is 0 Å². The number of hydrogen-bond acceptors (Lipinski definition) is 1. The topological polar surface area (TPSA) is 9.23 Å². The molecule has 0 aliphatic heterocycles. The van der Waals surface area contributed by atoms with Gasteiger partial charge < -0.3 is 4.74 Å². The molecule has 0 aromatic carbocycles. The van der Waals surface area contributed by atoms with Crippen LogP contribution in [0.3, 0.4) is 0 Å². The first kappa shape index (κ1) is 22.7. The van der Waals surface area contributed by atoms with Crippen molar-refractivity contribution in [2.24, 2.45) is 0 Å². The van der Waals surface area contributed by atoms with E-state index in [1.165, 1.54) is 32.1 Å². The first-order chi connectivity index (χ1) is 11.9. The van der Waals surface area contributed by atoms with E-state index in [2.05, 4.69) is 67.7 Å². The summed E-state index contributed by atoms with van der Waals surface area (Å²) in [4.78, 5) is 0. The largest absolute Gasteiger partial charge is 0.385 e. The molecule has 0 N–H and O–H groups in total. The lowest BCUT2D eigenvalue weighted by Crippen LogP contribution is -1.87. The highest BCUT2D eigenvalue weighted by Gasteiger charge is 1.87. The van der Waals surface area contributed by atoms with Crippen LogP contribution < -0.4 is 0 Å². The molecule has 0 aromatic heterocycles. The van der Waals surface area contributed by atoms with Crippen LogP contribution in [0.15, 0.2) is 60.8 Å². The second-order valence-electron chi connectivity index (χ2n) is 5.90. The Morgan fingerprint density at radius 1 is 0.542 bits per heavy atom. The van der Waals surface area contributed by atoms with Crippen LogP contribution in [0.1, 0.15) is 71.1 Å². The number of hydrogen-bond donors (Lipinski definition) is 0. The van der Waals surface area contributed by atoms with Crippen molar-refractivity contribution in [2.75, 3.05) is 13.7 Å². The van der Waals surface area contributed by atoms with Crippen molar-refractivity contribution in [3.63, 3.8) is 0 Å². The van der Waals surface area contributed by atoms with E-state index >= 15 is 0 Å². The molecule has 1 heteroatoms. The van der Waals surface area contributed by atoms with E-state index in [4.69, 9.17) is 4.74 Å². The third-order valence-electron chi connectivity index (χ3n) is 3.63. The standard InChI is InChI=1S/C23H38O/c1-3-4-5-6-7-8-9-10-11-12-13-14-15-16-17-18-19-20-21-22-23-24-2/h4-5,7-8,10-11,13-14,16-17H,3,6,9,12,15,18-23H2,1-2H3/b5-4-,8-7-,11-10-,14-13-,17-16-. The lowest BCUT2D eigenvalue weighted by Gasteiger charge is -1.98. The maximum atomic E-state index is 5.05. The van der Waals surface area contributed by atoms with Crippen LogP contribution in [0.5, 0.6) is 0 Å². The molecule has 0 spiro atoms. The van der Waals surface area contributed by atoms with Crippen LogP contribution in [-0.2, 0) is 4.74 Å². The molecular weight excluding hydrogens is 292 g/mol. The van der Waals surface area contributed by atoms with Gasteiger partial charge in [0.25, 0.3) is 0 Å². The van der Waals surface area contributed by atoms with E-state index in [1.807, 2.05) is 0 Å². The van der Waals surface area contributed by atoms with Gasteiger partial charge in [0.15, 0.2) is 0 Å². The van der Waals surface area contributed by atoms with E-state index in [9.17, 15) is 0 Å². The maximum Gasteiger partial charge on any atom is 0.0462 e. The van der Waals surface area contributed by atoms with E-state index in [-0.39, 0.29) is 0 Å². The van der Waals surface area contributed by atoms with Crippen LogP contribution >= 0.6 is 0 Å². The van der Waals surface area contributed by atoms with Crippen LogP contribution in [0.25, 0.3) is 0 Å². The smallest absolute Gasteiger partial charge is 0.0462 e. The van der Waals surface area contributed by atoms with Gasteiger partial charge in [0.1, 0.15) is 0 Å². The Morgan fingerprint density at radius 3 is 1.50 bits per heavy atom. The summed E-state index contributed by atoms with van der Waals surface area (Å²) in [5.74, 6) is 0. The monoisotopic (exact) mass is 330 g/mol. The van der Waals surface area contributed by atoms with Crippen molar-refractivity contribution in [1.82, 2.24) is 0 Å². The molecule has 1 nitrogen and oxygen atoms in total. The van der Waals surface area contributed by atoms with Crippen LogP contribution in [-0.4, -0.2) is 13.7 Å². The van der Waals surface area contributed by atoms with Crippen molar-refractivity contribution < 1.29 is 4.74 Å². The molecule has 24 heavy (non-hydrogen) atoms. The van der Waals surface area contributed by atoms with Crippen molar-refractivity contribution in [3.8, 4) is 0 Å². The maximum absolute atomic E-state index is 5.05. The van der Waals surface area contributed by atoms with Crippen molar-refractivity contribution in [3.05, 3.63) is 60.8 Å². The van der Waals surface area contributed by atoms with Gasteiger partial charge in [-0.1, -0.05) is 80.5 Å². The van der Waals surface area contributed by atoms with Crippen molar-refractivity contribution >= 4 is 0 Å². The molecule has 0 amide bonds. The lowest BCUT2D eigenvalue weighted by atomic mass is 10.1. The van der Waals surface area contributed by atoms with Crippen molar-refractivity contribution in [1.29, 1.82) is 0 Å². The van der Waals surface area contributed by atoms with E-state index < -0.39 is 0 Å². The number of allylic oxidation sites excluding steroid dienone is 10. The zero-order chi connectivity index (χ0) is 17.6. The summed E-state index contributed by atoms with van der Waals surface area (Å²) < 4.78 is 5.05. The first-order valence-electron chi connectivity index (χ1n) is 9.65. The molecule has 0 aromatic rings. The van der Waals surface area contributed by atoms with Gasteiger partial charge in [-0.25, -0.2) is 0 Å². The van der Waals surface area contributed by atoms with Gasteiger partial charge in [-0.2, -0.15) is 0 Å². The predicted octanol–water partition coefficient (Wildman–Crippen LogP) is 7.33. The van der Waals surface area contributed by atoms with Gasteiger partial charge >= 0.3 is 0 Å². The highest BCUT2D eigenvalue weighted by molar-refractivity contribution is 5.00. The van der Waals surface area contributed by atoms with Gasteiger partial charge in [0.05, 0.1) is 0 Å². The molecule has 0 unspecified atom stereocenters.